The lowest BCUT2D eigenvalue weighted by Gasteiger charge is -1.96. The second-order valence-corrected chi connectivity index (χ2v) is 2.45. The second kappa shape index (κ2) is 2.94. The molecule has 0 unspecified atom stereocenters. The summed E-state index contributed by atoms with van der Waals surface area (Å²) in [4.78, 5) is 9.16. The summed E-state index contributed by atoms with van der Waals surface area (Å²) in [6.45, 7) is 0. The first-order valence-corrected chi connectivity index (χ1v) is 3.22. The largest absolute Gasteiger partial charge is 0.505 e. The maximum atomic E-state index is 12.7. The third kappa shape index (κ3) is 1.45. The van der Waals surface area contributed by atoms with Gasteiger partial charge in [0.2, 0.25) is 5.82 Å². The van der Waals surface area contributed by atoms with Gasteiger partial charge in [0, 0.05) is 12.1 Å². The van der Waals surface area contributed by atoms with Crippen molar-refractivity contribution in [3.63, 3.8) is 0 Å². The van der Waals surface area contributed by atoms with E-state index in [0.717, 1.165) is 12.1 Å². The highest BCUT2D eigenvalue weighted by Crippen LogP contribution is 2.29. The van der Waals surface area contributed by atoms with Crippen molar-refractivity contribution < 1.29 is 14.4 Å². The molecule has 0 spiro atoms. The second-order valence-electron chi connectivity index (χ2n) is 2.02. The van der Waals surface area contributed by atoms with E-state index in [2.05, 4.69) is 0 Å². The normalized spacial score (nSPS) is 9.83. The first kappa shape index (κ1) is 8.73. The number of rotatable bonds is 1. The van der Waals surface area contributed by atoms with Crippen molar-refractivity contribution in [3.8, 4) is 5.75 Å². The molecule has 0 aromatic heterocycles. The Labute approximate surface area is 71.3 Å². The number of phenols is 1. The van der Waals surface area contributed by atoms with E-state index in [0.29, 0.717) is 0 Å². The number of nitro groups is 1. The number of aromatic hydroxyl groups is 1. The molecule has 12 heavy (non-hydrogen) atoms. The van der Waals surface area contributed by atoms with Crippen LogP contribution in [0.4, 0.5) is 10.1 Å². The molecule has 0 amide bonds. The van der Waals surface area contributed by atoms with Crippen LogP contribution in [0.2, 0.25) is 5.02 Å². The Morgan fingerprint density at radius 1 is 1.58 bits per heavy atom. The molecule has 64 valence electrons. The zero-order valence-corrected chi connectivity index (χ0v) is 6.38. The van der Waals surface area contributed by atoms with Crippen LogP contribution in [0.3, 0.4) is 0 Å². The van der Waals surface area contributed by atoms with Crippen LogP contribution in [0.5, 0.6) is 5.75 Å². The number of phenolic OH excluding ortho intramolecular Hbond substituents is 1. The molecule has 1 aromatic rings. The molecule has 1 aromatic carbocycles. The van der Waals surface area contributed by atoms with Gasteiger partial charge < -0.3 is 5.11 Å². The number of nitrogens with zero attached hydrogens (tertiary/aromatic N) is 1. The van der Waals surface area contributed by atoms with Crippen molar-refractivity contribution in [2.24, 2.45) is 0 Å². The molecule has 6 heteroatoms. The van der Waals surface area contributed by atoms with Crippen molar-refractivity contribution in [2.45, 2.75) is 0 Å². The molecule has 0 aliphatic carbocycles. The van der Waals surface area contributed by atoms with Gasteiger partial charge in [0.15, 0.2) is 5.75 Å². The van der Waals surface area contributed by atoms with Crippen LogP contribution in [0.1, 0.15) is 0 Å². The van der Waals surface area contributed by atoms with Crippen molar-refractivity contribution >= 4 is 17.3 Å². The Kier molecular flexibility index (Phi) is 2.14. The smallest absolute Gasteiger partial charge is 0.310 e. The van der Waals surface area contributed by atoms with E-state index in [9.17, 15) is 14.5 Å². The lowest BCUT2D eigenvalue weighted by atomic mass is 10.3. The average Bonchev–Trinajstić information content (AvgIpc) is 1.96. The highest BCUT2D eigenvalue weighted by molar-refractivity contribution is 6.30. The summed E-state index contributed by atoms with van der Waals surface area (Å²) in [5.41, 5.74) is -0.833. The summed E-state index contributed by atoms with van der Waals surface area (Å²) in [5, 5.41) is 18.8. The van der Waals surface area contributed by atoms with Crippen molar-refractivity contribution in [2.75, 3.05) is 0 Å². The predicted octanol–water partition coefficient (Wildman–Crippen LogP) is 2.09. The van der Waals surface area contributed by atoms with E-state index in [4.69, 9.17) is 16.7 Å². The minimum atomic E-state index is -1.27. The average molecular weight is 192 g/mol. The fraction of sp³-hybridized carbons (Fsp3) is 0. The zero-order chi connectivity index (χ0) is 9.30. The maximum Gasteiger partial charge on any atom is 0.310 e. The van der Waals surface area contributed by atoms with Crippen molar-refractivity contribution in [1.29, 1.82) is 0 Å². The quantitative estimate of drug-likeness (QED) is 0.546. The van der Waals surface area contributed by atoms with Gasteiger partial charge >= 0.3 is 5.69 Å². The SMILES string of the molecule is O=[N+]([O-])c1cc(Cl)cc(O)c1F. The molecule has 1 rings (SSSR count). The van der Waals surface area contributed by atoms with E-state index >= 15 is 0 Å². The molecular weight excluding hydrogens is 189 g/mol. The van der Waals surface area contributed by atoms with E-state index in [1.807, 2.05) is 0 Å². The molecule has 0 radical (unpaired) electrons. The van der Waals surface area contributed by atoms with Crippen LogP contribution in [0, 0.1) is 15.9 Å². The van der Waals surface area contributed by atoms with Gasteiger partial charge in [-0.25, -0.2) is 0 Å². The molecule has 0 fully saturated rings. The van der Waals surface area contributed by atoms with Crippen LogP contribution in [-0.2, 0) is 0 Å². The van der Waals surface area contributed by atoms with Gasteiger partial charge in [0.25, 0.3) is 0 Å². The minimum Gasteiger partial charge on any atom is -0.505 e. The van der Waals surface area contributed by atoms with Crippen LogP contribution in [0.25, 0.3) is 0 Å². The lowest BCUT2D eigenvalue weighted by molar-refractivity contribution is -0.387. The molecular formula is C6H3ClFNO3. The van der Waals surface area contributed by atoms with Crippen LogP contribution < -0.4 is 0 Å². The minimum absolute atomic E-state index is 0.0828. The molecule has 0 bridgehead atoms. The number of benzene rings is 1. The van der Waals surface area contributed by atoms with Gasteiger partial charge in [-0.2, -0.15) is 4.39 Å². The molecule has 4 nitrogen and oxygen atoms in total. The Hall–Kier alpha value is -1.36. The highest BCUT2D eigenvalue weighted by Gasteiger charge is 2.18. The third-order valence-electron chi connectivity index (χ3n) is 1.20. The van der Waals surface area contributed by atoms with Crippen LogP contribution in [0.15, 0.2) is 12.1 Å². The molecule has 0 heterocycles. The van der Waals surface area contributed by atoms with E-state index < -0.39 is 22.2 Å². The maximum absolute atomic E-state index is 12.7. The van der Waals surface area contributed by atoms with Crippen molar-refractivity contribution in [1.82, 2.24) is 0 Å². The molecule has 0 aliphatic heterocycles. The first-order valence-electron chi connectivity index (χ1n) is 2.85. The van der Waals surface area contributed by atoms with Gasteiger partial charge in [-0.3, -0.25) is 10.1 Å². The molecule has 0 aliphatic rings. The fourth-order valence-corrected chi connectivity index (χ4v) is 0.900. The fourth-order valence-electron chi connectivity index (χ4n) is 0.694. The molecule has 0 saturated heterocycles. The van der Waals surface area contributed by atoms with Crippen molar-refractivity contribution in [3.05, 3.63) is 33.1 Å². The summed E-state index contributed by atoms with van der Waals surface area (Å²) in [6.07, 6.45) is 0. The molecule has 1 N–H and O–H groups in total. The Bertz CT molecular complexity index is 342. The summed E-state index contributed by atoms with van der Waals surface area (Å²) in [7, 11) is 0. The summed E-state index contributed by atoms with van der Waals surface area (Å²) < 4.78 is 12.7. The first-order chi connectivity index (χ1) is 5.52. The monoisotopic (exact) mass is 191 g/mol. The number of halogens is 2. The molecule has 0 atom stereocenters. The molecule has 0 saturated carbocycles. The Balaban J connectivity index is 3.37. The van der Waals surface area contributed by atoms with Gasteiger partial charge in [0.1, 0.15) is 0 Å². The third-order valence-corrected chi connectivity index (χ3v) is 1.41. The zero-order valence-electron chi connectivity index (χ0n) is 5.62. The Morgan fingerprint density at radius 2 is 2.17 bits per heavy atom. The van der Waals surface area contributed by atoms with Gasteiger partial charge in [0.05, 0.1) is 9.95 Å². The topological polar surface area (TPSA) is 63.4 Å². The summed E-state index contributed by atoms with van der Waals surface area (Å²) in [5.74, 6) is -2.10. The number of hydrogen-bond acceptors (Lipinski definition) is 3. The van der Waals surface area contributed by atoms with E-state index in [1.54, 1.807) is 0 Å². The highest BCUT2D eigenvalue weighted by atomic mass is 35.5. The predicted molar refractivity (Wildman–Crippen MR) is 39.7 cm³/mol. The van der Waals surface area contributed by atoms with E-state index in [-0.39, 0.29) is 5.02 Å². The summed E-state index contributed by atoms with van der Waals surface area (Å²) in [6, 6.07) is 1.72. The standard InChI is InChI=1S/C6H3ClFNO3/c7-3-1-4(9(11)12)6(8)5(10)2-3/h1-2,10H. The van der Waals surface area contributed by atoms with Crippen LogP contribution >= 0.6 is 11.6 Å². The van der Waals surface area contributed by atoms with Gasteiger partial charge in [-0.05, 0) is 0 Å². The van der Waals surface area contributed by atoms with Gasteiger partial charge in [-0.1, -0.05) is 11.6 Å². The number of nitro benzene ring substituents is 1. The lowest BCUT2D eigenvalue weighted by Crippen LogP contribution is -1.92. The Morgan fingerprint density at radius 3 is 2.67 bits per heavy atom. The van der Waals surface area contributed by atoms with E-state index in [1.165, 1.54) is 0 Å². The van der Waals surface area contributed by atoms with Gasteiger partial charge in [-0.15, -0.1) is 0 Å². The summed E-state index contributed by atoms with van der Waals surface area (Å²) >= 11 is 5.34. The number of hydrogen-bond donors (Lipinski definition) is 1. The van der Waals surface area contributed by atoms with Crippen LogP contribution in [-0.4, -0.2) is 10.0 Å².